The van der Waals surface area contributed by atoms with Gasteiger partial charge in [-0.3, -0.25) is 4.79 Å². The van der Waals surface area contributed by atoms with Crippen LogP contribution in [-0.4, -0.2) is 43.2 Å². The van der Waals surface area contributed by atoms with Crippen LogP contribution in [0.2, 0.25) is 0 Å². The number of benzene rings is 1. The molecule has 1 aliphatic heterocycles. The third-order valence-corrected chi connectivity index (χ3v) is 4.89. The zero-order valence-corrected chi connectivity index (χ0v) is 14.2. The lowest BCUT2D eigenvalue weighted by Crippen LogP contribution is -2.38. The van der Waals surface area contributed by atoms with Crippen LogP contribution in [0.25, 0.3) is 5.69 Å². The molecule has 0 spiro atoms. The average Bonchev–Trinajstić information content (AvgIpc) is 3.33. The van der Waals surface area contributed by atoms with Gasteiger partial charge in [0.1, 0.15) is 12.2 Å². The second-order valence-electron chi connectivity index (χ2n) is 6.51. The van der Waals surface area contributed by atoms with Crippen LogP contribution in [0, 0.1) is 0 Å². The fourth-order valence-corrected chi connectivity index (χ4v) is 3.49. The van der Waals surface area contributed by atoms with Gasteiger partial charge in [0.25, 0.3) is 5.91 Å². The van der Waals surface area contributed by atoms with E-state index in [0.717, 1.165) is 43.0 Å². The summed E-state index contributed by atoms with van der Waals surface area (Å²) < 4.78 is 3.99. The molecular formula is C19H21N5O. The summed E-state index contributed by atoms with van der Waals surface area (Å²) in [6.45, 7) is 1.51. The molecule has 6 nitrogen and oxygen atoms in total. The molecule has 3 heterocycles. The first kappa shape index (κ1) is 15.6. The molecule has 1 aliphatic rings. The summed E-state index contributed by atoms with van der Waals surface area (Å²) in [4.78, 5) is 14.8. The number of nitrogens with zero attached hydrogens (tertiary/aromatic N) is 5. The second-order valence-corrected chi connectivity index (χ2v) is 6.51. The maximum atomic E-state index is 12.9. The number of likely N-dealkylation sites (tertiary alicyclic amines) is 1. The minimum Gasteiger partial charge on any atom is -0.339 e. The molecule has 4 rings (SSSR count). The van der Waals surface area contributed by atoms with Gasteiger partial charge >= 0.3 is 0 Å². The SMILES string of the molecule is Cn1cnnc1C1CCN(C(=O)c2cccc(-n3cccc3)c2)CC1. The van der Waals surface area contributed by atoms with E-state index in [0.29, 0.717) is 5.92 Å². The van der Waals surface area contributed by atoms with Gasteiger partial charge in [0.2, 0.25) is 0 Å². The number of carbonyl (C=O) groups is 1. The number of piperidine rings is 1. The van der Waals surface area contributed by atoms with Crippen molar-refractivity contribution in [2.24, 2.45) is 7.05 Å². The van der Waals surface area contributed by atoms with E-state index in [1.807, 2.05) is 69.9 Å². The fraction of sp³-hybridized carbons (Fsp3) is 0.316. The molecule has 6 heteroatoms. The number of rotatable bonds is 3. The Bertz CT molecular complexity index is 860. The third-order valence-electron chi connectivity index (χ3n) is 4.89. The average molecular weight is 335 g/mol. The first-order chi connectivity index (χ1) is 12.2. The second kappa shape index (κ2) is 6.55. The topological polar surface area (TPSA) is 56.0 Å². The Kier molecular flexibility index (Phi) is 4.09. The summed E-state index contributed by atoms with van der Waals surface area (Å²) in [5.74, 6) is 1.50. The van der Waals surface area contributed by atoms with Crippen LogP contribution in [0.5, 0.6) is 0 Å². The molecule has 0 aliphatic carbocycles. The van der Waals surface area contributed by atoms with E-state index in [1.54, 1.807) is 6.33 Å². The monoisotopic (exact) mass is 335 g/mol. The van der Waals surface area contributed by atoms with Crippen molar-refractivity contribution in [3.63, 3.8) is 0 Å². The molecule has 1 fully saturated rings. The minimum atomic E-state index is 0.102. The van der Waals surface area contributed by atoms with E-state index >= 15 is 0 Å². The minimum absolute atomic E-state index is 0.102. The predicted molar refractivity (Wildman–Crippen MR) is 94.7 cm³/mol. The van der Waals surface area contributed by atoms with Crippen molar-refractivity contribution in [3.8, 4) is 5.69 Å². The molecule has 128 valence electrons. The molecule has 3 aromatic rings. The van der Waals surface area contributed by atoms with Gasteiger partial charge in [-0.1, -0.05) is 6.07 Å². The Morgan fingerprint density at radius 3 is 2.56 bits per heavy atom. The number of carbonyl (C=O) groups excluding carboxylic acids is 1. The van der Waals surface area contributed by atoms with Crippen LogP contribution in [0.3, 0.4) is 0 Å². The van der Waals surface area contributed by atoms with Crippen LogP contribution in [0.15, 0.2) is 55.1 Å². The number of aromatic nitrogens is 4. The van der Waals surface area contributed by atoms with Crippen molar-refractivity contribution in [2.45, 2.75) is 18.8 Å². The quantitative estimate of drug-likeness (QED) is 0.739. The molecule has 2 aromatic heterocycles. The van der Waals surface area contributed by atoms with Crippen molar-refractivity contribution in [1.82, 2.24) is 24.2 Å². The lowest BCUT2D eigenvalue weighted by Gasteiger charge is -2.31. The van der Waals surface area contributed by atoms with E-state index in [2.05, 4.69) is 10.2 Å². The highest BCUT2D eigenvalue weighted by Gasteiger charge is 2.27. The fourth-order valence-electron chi connectivity index (χ4n) is 3.49. The standard InChI is InChI=1S/C19H21N5O/c1-22-14-20-21-18(22)15-7-11-24(12-8-15)19(25)16-5-4-6-17(13-16)23-9-2-3-10-23/h2-6,9-10,13-15H,7-8,11-12H2,1H3. The number of hydrogen-bond donors (Lipinski definition) is 0. The number of hydrogen-bond acceptors (Lipinski definition) is 3. The first-order valence-electron chi connectivity index (χ1n) is 8.59. The molecule has 25 heavy (non-hydrogen) atoms. The zero-order chi connectivity index (χ0) is 17.2. The van der Waals surface area contributed by atoms with Gasteiger partial charge in [0, 0.05) is 49.7 Å². The Morgan fingerprint density at radius 2 is 1.88 bits per heavy atom. The Balaban J connectivity index is 1.46. The summed E-state index contributed by atoms with van der Waals surface area (Å²) in [5, 5.41) is 8.18. The Hall–Kier alpha value is -2.89. The van der Waals surface area contributed by atoms with Gasteiger partial charge in [-0.25, -0.2) is 0 Å². The Morgan fingerprint density at radius 1 is 1.12 bits per heavy atom. The maximum absolute atomic E-state index is 12.9. The molecule has 0 radical (unpaired) electrons. The molecule has 1 aromatic carbocycles. The summed E-state index contributed by atoms with van der Waals surface area (Å²) in [7, 11) is 1.97. The summed E-state index contributed by atoms with van der Waals surface area (Å²) in [5.41, 5.74) is 1.74. The van der Waals surface area contributed by atoms with Crippen LogP contribution in [0.1, 0.15) is 34.9 Å². The normalized spacial score (nSPS) is 15.5. The van der Waals surface area contributed by atoms with Crippen LogP contribution in [-0.2, 0) is 7.05 Å². The van der Waals surface area contributed by atoms with Gasteiger partial charge in [-0.2, -0.15) is 0 Å². The third kappa shape index (κ3) is 3.07. The van der Waals surface area contributed by atoms with Crippen molar-refractivity contribution in [1.29, 1.82) is 0 Å². The van der Waals surface area contributed by atoms with Crippen molar-refractivity contribution in [2.75, 3.05) is 13.1 Å². The summed E-state index contributed by atoms with van der Waals surface area (Å²) in [6.07, 6.45) is 7.55. The molecule has 0 N–H and O–H groups in total. The van der Waals surface area contributed by atoms with Crippen LogP contribution < -0.4 is 0 Å². The molecule has 1 amide bonds. The number of aryl methyl sites for hydroxylation is 1. The highest BCUT2D eigenvalue weighted by atomic mass is 16.2. The van der Waals surface area contributed by atoms with Crippen LogP contribution >= 0.6 is 0 Å². The molecule has 0 bridgehead atoms. The van der Waals surface area contributed by atoms with E-state index in [-0.39, 0.29) is 5.91 Å². The lowest BCUT2D eigenvalue weighted by atomic mass is 9.95. The van der Waals surface area contributed by atoms with Gasteiger partial charge in [-0.15, -0.1) is 10.2 Å². The summed E-state index contributed by atoms with van der Waals surface area (Å²) in [6, 6.07) is 11.8. The van der Waals surface area contributed by atoms with Crippen molar-refractivity contribution in [3.05, 3.63) is 66.5 Å². The smallest absolute Gasteiger partial charge is 0.253 e. The summed E-state index contributed by atoms with van der Waals surface area (Å²) >= 11 is 0. The lowest BCUT2D eigenvalue weighted by molar-refractivity contribution is 0.0710. The van der Waals surface area contributed by atoms with E-state index in [4.69, 9.17) is 0 Å². The highest BCUT2D eigenvalue weighted by molar-refractivity contribution is 5.94. The molecule has 0 saturated carbocycles. The molecular weight excluding hydrogens is 314 g/mol. The maximum Gasteiger partial charge on any atom is 0.253 e. The molecule has 0 atom stereocenters. The predicted octanol–water partition coefficient (Wildman–Crippen LogP) is 2.63. The molecule has 1 saturated heterocycles. The van der Waals surface area contributed by atoms with E-state index in [1.165, 1.54) is 0 Å². The highest BCUT2D eigenvalue weighted by Crippen LogP contribution is 2.27. The van der Waals surface area contributed by atoms with Crippen molar-refractivity contribution >= 4 is 5.91 Å². The molecule has 0 unspecified atom stereocenters. The first-order valence-corrected chi connectivity index (χ1v) is 8.59. The van der Waals surface area contributed by atoms with E-state index in [9.17, 15) is 4.79 Å². The number of amides is 1. The Labute approximate surface area is 146 Å². The van der Waals surface area contributed by atoms with Crippen molar-refractivity contribution < 1.29 is 4.79 Å². The van der Waals surface area contributed by atoms with Crippen LogP contribution in [0.4, 0.5) is 0 Å². The van der Waals surface area contributed by atoms with Gasteiger partial charge in [0.05, 0.1) is 0 Å². The zero-order valence-electron chi connectivity index (χ0n) is 14.2. The van der Waals surface area contributed by atoms with E-state index < -0.39 is 0 Å². The van der Waals surface area contributed by atoms with Gasteiger partial charge < -0.3 is 14.0 Å². The van der Waals surface area contributed by atoms with Gasteiger partial charge in [-0.05, 0) is 43.2 Å². The van der Waals surface area contributed by atoms with Gasteiger partial charge in [0.15, 0.2) is 0 Å². The largest absolute Gasteiger partial charge is 0.339 e.